The normalized spacial score (nSPS) is 11.7. The first kappa shape index (κ1) is 11.9. The molecule has 0 aliphatic rings. The number of sulfonamides is 1. The van der Waals surface area contributed by atoms with Crippen LogP contribution < -0.4 is 5.32 Å². The van der Waals surface area contributed by atoms with Gasteiger partial charge in [-0.1, -0.05) is 0 Å². The maximum atomic E-state index is 11.4. The zero-order valence-electron chi connectivity index (χ0n) is 8.71. The quantitative estimate of drug-likeness (QED) is 0.757. The van der Waals surface area contributed by atoms with E-state index in [9.17, 15) is 8.42 Å². The van der Waals surface area contributed by atoms with E-state index in [0.717, 1.165) is 0 Å². The fraction of sp³-hybridized carbons (Fsp3) is 0.500. The molecule has 0 saturated heterocycles. The molecule has 1 aromatic heterocycles. The van der Waals surface area contributed by atoms with Gasteiger partial charge in [0.05, 0.1) is 11.9 Å². The Labute approximate surface area is 89.4 Å². The topological polar surface area (TPSA) is 75.2 Å². The molecule has 0 bridgehead atoms. The second-order valence-corrected chi connectivity index (χ2v) is 5.42. The third kappa shape index (κ3) is 3.80. The summed E-state index contributed by atoms with van der Waals surface area (Å²) in [6.45, 7) is 0.319. The van der Waals surface area contributed by atoms with E-state index in [1.54, 1.807) is 18.6 Å². The Bertz CT molecular complexity index is 390. The fourth-order valence-corrected chi connectivity index (χ4v) is 1.61. The minimum Gasteiger partial charge on any atom is -0.368 e. The lowest BCUT2D eigenvalue weighted by Gasteiger charge is -2.11. The average molecular weight is 230 g/mol. The number of nitrogens with zero attached hydrogens (tertiary/aromatic N) is 3. The van der Waals surface area contributed by atoms with Crippen molar-refractivity contribution in [2.45, 2.75) is 0 Å². The van der Waals surface area contributed by atoms with E-state index in [0.29, 0.717) is 12.4 Å². The molecule has 7 heteroatoms. The second kappa shape index (κ2) is 5.04. The first-order valence-corrected chi connectivity index (χ1v) is 6.03. The minimum absolute atomic E-state index is 0.0383. The third-order valence-corrected chi connectivity index (χ3v) is 3.62. The molecule has 1 heterocycles. The van der Waals surface area contributed by atoms with Gasteiger partial charge in [0.1, 0.15) is 5.82 Å². The summed E-state index contributed by atoms with van der Waals surface area (Å²) >= 11 is 0. The van der Waals surface area contributed by atoms with E-state index in [2.05, 4.69) is 15.3 Å². The average Bonchev–Trinajstić information content (AvgIpc) is 2.19. The lowest BCUT2D eigenvalue weighted by Crippen LogP contribution is -2.28. The summed E-state index contributed by atoms with van der Waals surface area (Å²) in [6, 6.07) is 0. The van der Waals surface area contributed by atoms with Gasteiger partial charge in [0.2, 0.25) is 10.0 Å². The summed E-state index contributed by atoms with van der Waals surface area (Å²) in [5.74, 6) is 0.614. The minimum atomic E-state index is -3.15. The molecule has 0 atom stereocenters. The maximum absolute atomic E-state index is 11.4. The standard InChI is InChI=1S/C8H14N4O2S/c1-12(2)15(13,14)6-5-11-8-7-9-3-4-10-8/h3-4,7H,5-6H2,1-2H3,(H,10,11). The van der Waals surface area contributed by atoms with E-state index < -0.39 is 10.0 Å². The van der Waals surface area contributed by atoms with Crippen molar-refractivity contribution < 1.29 is 8.42 Å². The molecule has 0 aliphatic heterocycles. The van der Waals surface area contributed by atoms with Crippen molar-refractivity contribution in [2.24, 2.45) is 0 Å². The Hall–Kier alpha value is -1.21. The summed E-state index contributed by atoms with van der Waals surface area (Å²) < 4.78 is 23.9. The lowest BCUT2D eigenvalue weighted by atomic mass is 10.6. The lowest BCUT2D eigenvalue weighted by molar-refractivity contribution is 0.521. The van der Waals surface area contributed by atoms with E-state index in [4.69, 9.17) is 0 Å². The zero-order valence-corrected chi connectivity index (χ0v) is 9.53. The number of nitrogens with one attached hydrogen (secondary N) is 1. The molecule has 1 N–H and O–H groups in total. The van der Waals surface area contributed by atoms with Gasteiger partial charge in [0.15, 0.2) is 0 Å². The van der Waals surface area contributed by atoms with Crippen LogP contribution in [0.3, 0.4) is 0 Å². The molecule has 0 unspecified atom stereocenters. The van der Waals surface area contributed by atoms with Crippen molar-refractivity contribution in [3.8, 4) is 0 Å². The zero-order chi connectivity index (χ0) is 11.3. The van der Waals surface area contributed by atoms with Crippen LogP contribution in [0, 0.1) is 0 Å². The highest BCUT2D eigenvalue weighted by molar-refractivity contribution is 7.89. The maximum Gasteiger partial charge on any atom is 0.215 e. The fourth-order valence-electron chi connectivity index (χ4n) is 0.881. The second-order valence-electron chi connectivity index (χ2n) is 3.12. The predicted octanol–water partition coefficient (Wildman–Crippen LogP) is -0.220. The molecule has 0 amide bonds. The third-order valence-electron chi connectivity index (χ3n) is 1.79. The van der Waals surface area contributed by atoms with Gasteiger partial charge in [0.25, 0.3) is 0 Å². The monoisotopic (exact) mass is 230 g/mol. The molecule has 0 aliphatic carbocycles. The van der Waals surface area contributed by atoms with Crippen LogP contribution >= 0.6 is 0 Å². The highest BCUT2D eigenvalue weighted by atomic mass is 32.2. The Morgan fingerprint density at radius 1 is 1.40 bits per heavy atom. The van der Waals surface area contributed by atoms with Crippen LogP contribution in [0.25, 0.3) is 0 Å². The number of anilines is 1. The Morgan fingerprint density at radius 3 is 2.67 bits per heavy atom. The summed E-state index contributed by atoms with van der Waals surface area (Å²) in [5.41, 5.74) is 0. The van der Waals surface area contributed by atoms with Gasteiger partial charge in [-0.15, -0.1) is 0 Å². The van der Waals surface area contributed by atoms with Crippen LogP contribution in [0.15, 0.2) is 18.6 Å². The van der Waals surface area contributed by atoms with Gasteiger partial charge in [-0.25, -0.2) is 17.7 Å². The summed E-state index contributed by atoms with van der Waals surface area (Å²) in [6.07, 6.45) is 4.65. The van der Waals surface area contributed by atoms with Crippen molar-refractivity contribution in [3.05, 3.63) is 18.6 Å². The number of aromatic nitrogens is 2. The molecular formula is C8H14N4O2S. The molecule has 0 spiro atoms. The van der Waals surface area contributed by atoms with Crippen LogP contribution in [0.2, 0.25) is 0 Å². The number of hydrogen-bond acceptors (Lipinski definition) is 5. The smallest absolute Gasteiger partial charge is 0.215 e. The van der Waals surface area contributed by atoms with Crippen molar-refractivity contribution in [3.63, 3.8) is 0 Å². The predicted molar refractivity (Wildman–Crippen MR) is 58.0 cm³/mol. The molecule has 1 rings (SSSR count). The van der Waals surface area contributed by atoms with Gasteiger partial charge >= 0.3 is 0 Å². The van der Waals surface area contributed by atoms with Gasteiger partial charge in [-0.05, 0) is 0 Å². The van der Waals surface area contributed by atoms with E-state index in [-0.39, 0.29) is 5.75 Å². The molecule has 0 fully saturated rings. The summed E-state index contributed by atoms with van der Waals surface area (Å²) in [7, 11) is -0.123. The summed E-state index contributed by atoms with van der Waals surface area (Å²) in [4.78, 5) is 7.81. The molecule has 0 saturated carbocycles. The first-order valence-electron chi connectivity index (χ1n) is 4.42. The number of hydrogen-bond donors (Lipinski definition) is 1. The molecule has 6 nitrogen and oxygen atoms in total. The van der Waals surface area contributed by atoms with Gasteiger partial charge in [0, 0.05) is 33.0 Å². The van der Waals surface area contributed by atoms with Crippen molar-refractivity contribution in [2.75, 3.05) is 31.7 Å². The van der Waals surface area contributed by atoms with E-state index in [1.165, 1.54) is 18.4 Å². The molecule has 1 aromatic rings. The highest BCUT2D eigenvalue weighted by Gasteiger charge is 2.12. The van der Waals surface area contributed by atoms with Crippen molar-refractivity contribution in [1.82, 2.24) is 14.3 Å². The highest BCUT2D eigenvalue weighted by Crippen LogP contribution is 1.98. The Kier molecular flexibility index (Phi) is 3.98. The van der Waals surface area contributed by atoms with Crippen LogP contribution in [-0.2, 0) is 10.0 Å². The van der Waals surface area contributed by atoms with Crippen molar-refractivity contribution in [1.29, 1.82) is 0 Å². The SMILES string of the molecule is CN(C)S(=O)(=O)CCNc1cnccn1. The Balaban J connectivity index is 2.41. The molecule has 15 heavy (non-hydrogen) atoms. The van der Waals surface area contributed by atoms with Crippen molar-refractivity contribution >= 4 is 15.8 Å². The first-order chi connectivity index (χ1) is 7.02. The van der Waals surface area contributed by atoms with E-state index >= 15 is 0 Å². The molecule has 84 valence electrons. The van der Waals surface area contributed by atoms with Crippen LogP contribution in [0.5, 0.6) is 0 Å². The number of rotatable bonds is 5. The van der Waals surface area contributed by atoms with Crippen LogP contribution in [0.1, 0.15) is 0 Å². The largest absolute Gasteiger partial charge is 0.368 e. The molecular weight excluding hydrogens is 216 g/mol. The van der Waals surface area contributed by atoms with Gasteiger partial charge in [-0.2, -0.15) is 0 Å². The van der Waals surface area contributed by atoms with Crippen LogP contribution in [0.4, 0.5) is 5.82 Å². The van der Waals surface area contributed by atoms with Gasteiger partial charge in [-0.3, -0.25) is 4.98 Å². The molecule has 0 radical (unpaired) electrons. The summed E-state index contributed by atoms with van der Waals surface area (Å²) in [5, 5.41) is 2.88. The Morgan fingerprint density at radius 2 is 2.13 bits per heavy atom. The van der Waals surface area contributed by atoms with Gasteiger partial charge < -0.3 is 5.32 Å². The van der Waals surface area contributed by atoms with E-state index in [1.807, 2.05) is 0 Å². The molecule has 0 aromatic carbocycles. The van der Waals surface area contributed by atoms with Crippen LogP contribution in [-0.4, -0.2) is 49.1 Å².